The summed E-state index contributed by atoms with van der Waals surface area (Å²) >= 11 is 0. The molecule has 2 aromatic rings. The van der Waals surface area contributed by atoms with Gasteiger partial charge < -0.3 is 14.6 Å². The molecular weight excluding hydrogens is 378 g/mol. The molecule has 4 rings (SSSR count). The number of nitrogens with one attached hydrogen (secondary N) is 1. The summed E-state index contributed by atoms with van der Waals surface area (Å²) in [6.07, 6.45) is 3.53. The molecule has 6 nitrogen and oxygen atoms in total. The Morgan fingerprint density at radius 3 is 2.43 bits per heavy atom. The zero-order valence-corrected chi connectivity index (χ0v) is 17.8. The smallest absolute Gasteiger partial charge is 0.246 e. The summed E-state index contributed by atoms with van der Waals surface area (Å²) in [4.78, 5) is 31.0. The van der Waals surface area contributed by atoms with E-state index in [1.54, 1.807) is 11.2 Å². The van der Waals surface area contributed by atoms with E-state index in [1.807, 2.05) is 30.3 Å². The molecule has 0 aliphatic carbocycles. The standard InChI is InChI=1S/C24H31N3O3/c1-18(2)15-21-22(28)27(17-20-9-6-14-30-20)24(23(29)25-21)10-12-26(13-11-24)16-19-7-4-3-5-8-19/h3-9,14,18,21H,10-13,15-17H2,1-2H3,(H,25,29). The average molecular weight is 410 g/mol. The van der Waals surface area contributed by atoms with Crippen molar-refractivity contribution in [1.29, 1.82) is 0 Å². The van der Waals surface area contributed by atoms with Gasteiger partial charge in [0.05, 0.1) is 12.8 Å². The SMILES string of the molecule is CC(C)CC1NC(=O)C2(CCN(Cc3ccccc3)CC2)N(Cc2ccco2)C1=O. The van der Waals surface area contributed by atoms with E-state index in [-0.39, 0.29) is 11.8 Å². The quantitative estimate of drug-likeness (QED) is 0.796. The highest BCUT2D eigenvalue weighted by Gasteiger charge is 2.53. The van der Waals surface area contributed by atoms with Crippen molar-refractivity contribution >= 4 is 11.8 Å². The van der Waals surface area contributed by atoms with Gasteiger partial charge in [-0.3, -0.25) is 14.5 Å². The van der Waals surface area contributed by atoms with Crippen LogP contribution in [0.25, 0.3) is 0 Å². The first kappa shape index (κ1) is 20.7. The van der Waals surface area contributed by atoms with Crippen molar-refractivity contribution < 1.29 is 14.0 Å². The summed E-state index contributed by atoms with van der Waals surface area (Å²) < 4.78 is 5.53. The minimum atomic E-state index is -0.801. The molecule has 1 N–H and O–H groups in total. The molecule has 1 spiro atoms. The Balaban J connectivity index is 1.53. The zero-order valence-electron chi connectivity index (χ0n) is 17.8. The molecule has 2 amide bonds. The van der Waals surface area contributed by atoms with E-state index >= 15 is 0 Å². The molecule has 1 atom stereocenters. The Morgan fingerprint density at radius 2 is 1.80 bits per heavy atom. The summed E-state index contributed by atoms with van der Waals surface area (Å²) in [5, 5.41) is 3.05. The number of rotatable bonds is 6. The number of hydrogen-bond donors (Lipinski definition) is 1. The van der Waals surface area contributed by atoms with Crippen molar-refractivity contribution in [2.24, 2.45) is 5.92 Å². The van der Waals surface area contributed by atoms with Crippen molar-refractivity contribution in [1.82, 2.24) is 15.1 Å². The second-order valence-electron chi connectivity index (χ2n) is 8.95. The fraction of sp³-hybridized carbons (Fsp3) is 0.500. The monoisotopic (exact) mass is 409 g/mol. The summed E-state index contributed by atoms with van der Waals surface area (Å²) in [5.41, 5.74) is 0.465. The number of likely N-dealkylation sites (tertiary alicyclic amines) is 1. The maximum Gasteiger partial charge on any atom is 0.246 e. The van der Waals surface area contributed by atoms with E-state index in [2.05, 4.69) is 36.2 Å². The molecule has 30 heavy (non-hydrogen) atoms. The molecule has 2 aliphatic rings. The number of piperazine rings is 1. The van der Waals surface area contributed by atoms with Crippen LogP contribution >= 0.6 is 0 Å². The van der Waals surface area contributed by atoms with Crippen molar-refractivity contribution in [2.75, 3.05) is 13.1 Å². The van der Waals surface area contributed by atoms with Gasteiger partial charge in [0.1, 0.15) is 17.3 Å². The topological polar surface area (TPSA) is 65.8 Å². The van der Waals surface area contributed by atoms with Gasteiger partial charge in [-0.15, -0.1) is 0 Å². The lowest BCUT2D eigenvalue weighted by atomic mass is 9.80. The van der Waals surface area contributed by atoms with Gasteiger partial charge in [-0.2, -0.15) is 0 Å². The number of furan rings is 1. The summed E-state index contributed by atoms with van der Waals surface area (Å²) in [7, 11) is 0. The van der Waals surface area contributed by atoms with Crippen LogP contribution in [0.1, 0.15) is 44.4 Å². The van der Waals surface area contributed by atoms with E-state index in [4.69, 9.17) is 4.42 Å². The molecule has 2 saturated heterocycles. The minimum absolute atomic E-state index is 0.0104. The lowest BCUT2D eigenvalue weighted by Gasteiger charge is -2.51. The van der Waals surface area contributed by atoms with Crippen molar-refractivity contribution in [3.8, 4) is 0 Å². The molecule has 0 bridgehead atoms. The second-order valence-corrected chi connectivity index (χ2v) is 8.95. The summed E-state index contributed by atoms with van der Waals surface area (Å²) in [5.74, 6) is 1.04. The third kappa shape index (κ3) is 4.15. The van der Waals surface area contributed by atoms with Crippen LogP contribution in [0.15, 0.2) is 53.1 Å². The van der Waals surface area contributed by atoms with Crippen LogP contribution < -0.4 is 5.32 Å². The van der Waals surface area contributed by atoms with E-state index in [9.17, 15) is 9.59 Å². The third-order valence-electron chi connectivity index (χ3n) is 6.34. The lowest BCUT2D eigenvalue weighted by Crippen LogP contribution is -2.72. The number of nitrogens with zero attached hydrogens (tertiary/aromatic N) is 2. The van der Waals surface area contributed by atoms with Crippen LogP contribution in [0.4, 0.5) is 0 Å². The molecule has 160 valence electrons. The Kier molecular flexibility index (Phi) is 5.95. The summed E-state index contributed by atoms with van der Waals surface area (Å²) in [6.45, 7) is 6.90. The van der Waals surface area contributed by atoms with Gasteiger partial charge in [-0.05, 0) is 42.9 Å². The number of hydrogen-bond acceptors (Lipinski definition) is 4. The average Bonchev–Trinajstić information content (AvgIpc) is 3.25. The van der Waals surface area contributed by atoms with Crippen LogP contribution in [0.3, 0.4) is 0 Å². The van der Waals surface area contributed by atoms with E-state index in [0.29, 0.717) is 37.5 Å². The van der Waals surface area contributed by atoms with Gasteiger partial charge >= 0.3 is 0 Å². The highest BCUT2D eigenvalue weighted by molar-refractivity contribution is 6.00. The molecule has 0 radical (unpaired) electrons. The van der Waals surface area contributed by atoms with Crippen LogP contribution in [0.5, 0.6) is 0 Å². The first-order chi connectivity index (χ1) is 14.5. The molecule has 6 heteroatoms. The second kappa shape index (κ2) is 8.64. The Hall–Kier alpha value is -2.60. The molecular formula is C24H31N3O3. The predicted molar refractivity (Wildman–Crippen MR) is 114 cm³/mol. The highest BCUT2D eigenvalue weighted by atomic mass is 16.3. The minimum Gasteiger partial charge on any atom is -0.467 e. The van der Waals surface area contributed by atoms with Crippen LogP contribution in [0, 0.1) is 5.92 Å². The van der Waals surface area contributed by atoms with Crippen molar-refractivity contribution in [3.05, 3.63) is 60.1 Å². The third-order valence-corrected chi connectivity index (χ3v) is 6.34. The van der Waals surface area contributed by atoms with Gasteiger partial charge in [0.15, 0.2) is 0 Å². The van der Waals surface area contributed by atoms with Crippen molar-refractivity contribution in [2.45, 2.75) is 57.8 Å². The zero-order chi connectivity index (χ0) is 21.1. The molecule has 1 aromatic heterocycles. The first-order valence-corrected chi connectivity index (χ1v) is 10.9. The molecule has 0 saturated carbocycles. The highest BCUT2D eigenvalue weighted by Crippen LogP contribution is 2.35. The van der Waals surface area contributed by atoms with Crippen LogP contribution in [0.2, 0.25) is 0 Å². The van der Waals surface area contributed by atoms with Crippen LogP contribution in [-0.4, -0.2) is 46.3 Å². The van der Waals surface area contributed by atoms with E-state index in [1.165, 1.54) is 5.56 Å². The Labute approximate surface area is 178 Å². The number of benzene rings is 1. The fourth-order valence-electron chi connectivity index (χ4n) is 4.71. The van der Waals surface area contributed by atoms with Gasteiger partial charge in [0, 0.05) is 19.6 Å². The molecule has 3 heterocycles. The molecule has 1 aromatic carbocycles. The number of piperidine rings is 1. The molecule has 2 aliphatic heterocycles. The van der Waals surface area contributed by atoms with Crippen molar-refractivity contribution in [3.63, 3.8) is 0 Å². The van der Waals surface area contributed by atoms with Gasteiger partial charge in [-0.1, -0.05) is 44.2 Å². The predicted octanol–water partition coefficient (Wildman–Crippen LogP) is 3.19. The van der Waals surface area contributed by atoms with Crippen LogP contribution in [-0.2, 0) is 22.7 Å². The normalized spacial score (nSPS) is 22.0. The van der Waals surface area contributed by atoms with E-state index < -0.39 is 11.6 Å². The van der Waals surface area contributed by atoms with E-state index in [0.717, 1.165) is 19.6 Å². The maximum absolute atomic E-state index is 13.4. The van der Waals surface area contributed by atoms with Gasteiger partial charge in [0.2, 0.25) is 11.8 Å². The largest absolute Gasteiger partial charge is 0.467 e. The van der Waals surface area contributed by atoms with Gasteiger partial charge in [-0.25, -0.2) is 0 Å². The Morgan fingerprint density at radius 1 is 1.07 bits per heavy atom. The number of amides is 2. The first-order valence-electron chi connectivity index (χ1n) is 10.9. The lowest BCUT2D eigenvalue weighted by molar-refractivity contribution is -0.163. The Bertz CT molecular complexity index is 855. The maximum atomic E-state index is 13.4. The van der Waals surface area contributed by atoms with Gasteiger partial charge in [0.25, 0.3) is 0 Å². The molecule has 2 fully saturated rings. The number of carbonyl (C=O) groups is 2. The fourth-order valence-corrected chi connectivity index (χ4v) is 4.71. The number of carbonyl (C=O) groups excluding carboxylic acids is 2. The summed E-state index contributed by atoms with van der Waals surface area (Å²) in [6, 6.07) is 13.6. The molecule has 1 unspecified atom stereocenters.